The predicted molar refractivity (Wildman–Crippen MR) is 108 cm³/mol. The van der Waals surface area contributed by atoms with Crippen LogP contribution < -0.4 is 0 Å². The van der Waals surface area contributed by atoms with Gasteiger partial charge in [0.05, 0.1) is 16.8 Å². The van der Waals surface area contributed by atoms with Crippen LogP contribution in [0, 0.1) is 17.5 Å². The van der Waals surface area contributed by atoms with E-state index in [1.165, 1.54) is 12.1 Å². The van der Waals surface area contributed by atoms with Gasteiger partial charge in [0.25, 0.3) is 0 Å². The van der Waals surface area contributed by atoms with E-state index in [2.05, 4.69) is 4.98 Å². The molecule has 3 aromatic rings. The van der Waals surface area contributed by atoms with Gasteiger partial charge in [-0.25, -0.2) is 26.4 Å². The highest BCUT2D eigenvalue weighted by atomic mass is 35.5. The van der Waals surface area contributed by atoms with Crippen LogP contribution in [0.15, 0.2) is 65.7 Å². The largest absolute Gasteiger partial charge is 0.478 e. The van der Waals surface area contributed by atoms with Crippen molar-refractivity contribution in [1.82, 2.24) is 4.98 Å². The van der Waals surface area contributed by atoms with Gasteiger partial charge >= 0.3 is 5.97 Å². The SMILES string of the molecule is O=C(O)/C=C/c1cc(C(c2cc(F)ccc2F)S(=O)(=O)c2ccc(Cl)cc2)c(F)cn1. The topological polar surface area (TPSA) is 84.3 Å². The second-order valence-electron chi connectivity index (χ2n) is 6.35. The minimum Gasteiger partial charge on any atom is -0.478 e. The molecule has 1 aromatic heterocycles. The van der Waals surface area contributed by atoms with Crippen LogP contribution in [-0.4, -0.2) is 24.5 Å². The van der Waals surface area contributed by atoms with Gasteiger partial charge < -0.3 is 5.11 Å². The number of sulfone groups is 1. The van der Waals surface area contributed by atoms with E-state index in [9.17, 15) is 26.4 Å². The first-order valence-corrected chi connectivity index (χ1v) is 10.5. The van der Waals surface area contributed by atoms with E-state index in [0.717, 1.165) is 42.5 Å². The molecule has 0 fully saturated rings. The molecule has 0 radical (unpaired) electrons. The second kappa shape index (κ2) is 8.91. The third kappa shape index (κ3) is 4.95. The molecule has 0 aliphatic rings. The van der Waals surface area contributed by atoms with Gasteiger partial charge in [-0.05, 0) is 54.6 Å². The van der Waals surface area contributed by atoms with Gasteiger partial charge in [0.1, 0.15) is 22.7 Å². The van der Waals surface area contributed by atoms with Crippen LogP contribution in [0.3, 0.4) is 0 Å². The van der Waals surface area contributed by atoms with Crippen molar-refractivity contribution >= 4 is 33.5 Å². The fourth-order valence-electron chi connectivity index (χ4n) is 2.90. The van der Waals surface area contributed by atoms with Crippen molar-refractivity contribution in [2.75, 3.05) is 0 Å². The molecule has 1 unspecified atom stereocenters. The number of nitrogens with zero attached hydrogens (tertiary/aromatic N) is 1. The van der Waals surface area contributed by atoms with Crippen LogP contribution in [0.1, 0.15) is 22.1 Å². The van der Waals surface area contributed by atoms with Gasteiger partial charge in [-0.2, -0.15) is 0 Å². The lowest BCUT2D eigenvalue weighted by Gasteiger charge is -2.20. The number of halogens is 4. The molecule has 0 saturated heterocycles. The van der Waals surface area contributed by atoms with Crippen molar-refractivity contribution in [1.29, 1.82) is 0 Å². The molecule has 0 amide bonds. The summed E-state index contributed by atoms with van der Waals surface area (Å²) in [7, 11) is -4.51. The van der Waals surface area contributed by atoms with E-state index >= 15 is 0 Å². The minimum atomic E-state index is -4.51. The molecule has 0 saturated carbocycles. The predicted octanol–water partition coefficient (Wildman–Crippen LogP) is 4.81. The monoisotopic (exact) mass is 467 g/mol. The molecule has 5 nitrogen and oxygen atoms in total. The molecule has 1 N–H and O–H groups in total. The Bertz CT molecular complexity index is 1280. The Morgan fingerprint density at radius 3 is 2.29 bits per heavy atom. The summed E-state index contributed by atoms with van der Waals surface area (Å²) in [5, 5.41) is 7.02. The Morgan fingerprint density at radius 1 is 1.00 bits per heavy atom. The normalized spacial score (nSPS) is 12.8. The van der Waals surface area contributed by atoms with Gasteiger partial charge in [0.2, 0.25) is 0 Å². The number of aromatic nitrogens is 1. The number of carboxylic acids is 1. The zero-order valence-corrected chi connectivity index (χ0v) is 17.0. The van der Waals surface area contributed by atoms with Crippen molar-refractivity contribution in [2.24, 2.45) is 0 Å². The summed E-state index contributed by atoms with van der Waals surface area (Å²) >= 11 is 5.80. The average molecular weight is 468 g/mol. The number of hydrogen-bond acceptors (Lipinski definition) is 4. The molecule has 0 bridgehead atoms. The summed E-state index contributed by atoms with van der Waals surface area (Å²) in [5.41, 5.74) is -1.24. The molecule has 3 rings (SSSR count). The maximum atomic E-state index is 14.7. The highest BCUT2D eigenvalue weighted by Crippen LogP contribution is 2.38. The van der Waals surface area contributed by atoms with Crippen LogP contribution in [0.2, 0.25) is 5.02 Å². The lowest BCUT2D eigenvalue weighted by atomic mass is 10.0. The summed E-state index contributed by atoms with van der Waals surface area (Å²) in [6.45, 7) is 0. The Labute approximate surface area is 180 Å². The first-order valence-electron chi connectivity index (χ1n) is 8.60. The first kappa shape index (κ1) is 22.5. The van der Waals surface area contributed by atoms with Gasteiger partial charge in [-0.1, -0.05) is 11.6 Å². The fraction of sp³-hybridized carbons (Fsp3) is 0.0476. The molecular formula is C21H13ClF3NO4S. The van der Waals surface area contributed by atoms with Crippen molar-refractivity contribution in [2.45, 2.75) is 10.1 Å². The molecule has 0 aliphatic heterocycles. The zero-order valence-electron chi connectivity index (χ0n) is 15.5. The number of benzene rings is 2. The van der Waals surface area contributed by atoms with Gasteiger partial charge in [-0.3, -0.25) is 4.98 Å². The molecule has 1 heterocycles. The second-order valence-corrected chi connectivity index (χ2v) is 8.82. The third-order valence-electron chi connectivity index (χ3n) is 4.28. The first-order chi connectivity index (χ1) is 14.6. The number of carboxylic acid groups (broad SMARTS) is 1. The van der Waals surface area contributed by atoms with Gasteiger partial charge in [0, 0.05) is 22.2 Å². The highest BCUT2D eigenvalue weighted by molar-refractivity contribution is 7.91. The Morgan fingerprint density at radius 2 is 1.65 bits per heavy atom. The van der Waals surface area contributed by atoms with Crippen molar-refractivity contribution in [3.8, 4) is 0 Å². The summed E-state index contributed by atoms with van der Waals surface area (Å²) in [6, 6.07) is 8.07. The van der Waals surface area contributed by atoms with Crippen molar-refractivity contribution in [3.63, 3.8) is 0 Å². The average Bonchev–Trinajstić information content (AvgIpc) is 2.71. The number of carbonyl (C=O) groups is 1. The van der Waals surface area contributed by atoms with Crippen LogP contribution in [0.4, 0.5) is 13.2 Å². The number of hydrogen-bond donors (Lipinski definition) is 1. The Hall–Kier alpha value is -3.17. The lowest BCUT2D eigenvalue weighted by molar-refractivity contribution is -0.131. The Kier molecular flexibility index (Phi) is 6.47. The van der Waals surface area contributed by atoms with E-state index in [-0.39, 0.29) is 15.6 Å². The molecule has 0 spiro atoms. The highest BCUT2D eigenvalue weighted by Gasteiger charge is 2.35. The van der Waals surface area contributed by atoms with E-state index in [0.29, 0.717) is 12.3 Å². The van der Waals surface area contributed by atoms with Crippen molar-refractivity contribution in [3.05, 3.63) is 100 Å². The zero-order chi connectivity index (χ0) is 22.8. The summed E-state index contributed by atoms with van der Waals surface area (Å²) in [4.78, 5) is 14.1. The molecule has 2 aromatic carbocycles. The molecule has 31 heavy (non-hydrogen) atoms. The van der Waals surface area contributed by atoms with E-state index in [1.807, 2.05) is 0 Å². The van der Waals surface area contributed by atoms with Crippen LogP contribution in [-0.2, 0) is 14.6 Å². The summed E-state index contributed by atoms with van der Waals surface area (Å²) < 4.78 is 70.1. The summed E-state index contributed by atoms with van der Waals surface area (Å²) in [6.07, 6.45) is 2.41. The molecule has 10 heteroatoms. The molecule has 160 valence electrons. The van der Waals surface area contributed by atoms with Gasteiger partial charge in [0.15, 0.2) is 9.84 Å². The van der Waals surface area contributed by atoms with E-state index in [1.54, 1.807) is 0 Å². The number of aliphatic carboxylic acids is 1. The van der Waals surface area contributed by atoms with Crippen LogP contribution >= 0.6 is 11.6 Å². The number of pyridine rings is 1. The standard InChI is InChI=1S/C21H13ClF3NO4S/c22-12-1-5-15(6-2-12)31(29,30)21(16-9-13(23)3-7-18(16)24)17-10-14(4-8-20(27)28)26-11-19(17)25/h1-11,21H,(H,27,28)/b8-4+. The summed E-state index contributed by atoms with van der Waals surface area (Å²) in [5.74, 6) is -4.40. The minimum absolute atomic E-state index is 0.0908. The molecule has 0 aliphatic carbocycles. The van der Waals surface area contributed by atoms with E-state index < -0.39 is 49.6 Å². The quantitative estimate of drug-likeness (QED) is 0.526. The maximum Gasteiger partial charge on any atom is 0.328 e. The van der Waals surface area contributed by atoms with Crippen LogP contribution in [0.25, 0.3) is 6.08 Å². The fourth-order valence-corrected chi connectivity index (χ4v) is 4.84. The molecular weight excluding hydrogens is 455 g/mol. The Balaban J connectivity index is 2.30. The van der Waals surface area contributed by atoms with Crippen LogP contribution in [0.5, 0.6) is 0 Å². The molecule has 1 atom stereocenters. The van der Waals surface area contributed by atoms with Crippen molar-refractivity contribution < 1.29 is 31.5 Å². The maximum absolute atomic E-state index is 14.7. The van der Waals surface area contributed by atoms with Gasteiger partial charge in [-0.15, -0.1) is 0 Å². The van der Waals surface area contributed by atoms with E-state index in [4.69, 9.17) is 16.7 Å². The smallest absolute Gasteiger partial charge is 0.328 e. The third-order valence-corrected chi connectivity index (χ3v) is 6.59. The number of rotatable bonds is 6. The lowest BCUT2D eigenvalue weighted by Crippen LogP contribution is -2.18.